The van der Waals surface area contributed by atoms with Crippen LogP contribution in [-0.4, -0.2) is 10.2 Å². The third kappa shape index (κ3) is 4.02. The molecule has 0 bridgehead atoms. The molecule has 0 aromatic heterocycles. The monoisotopic (exact) mass is 394 g/mol. The van der Waals surface area contributed by atoms with Gasteiger partial charge in [0.25, 0.3) is 0 Å². The molecule has 0 spiro atoms. The Bertz CT molecular complexity index is 792. The minimum atomic E-state index is -0.858. The van der Waals surface area contributed by atoms with E-state index in [1.807, 2.05) is 27.7 Å². The molecule has 0 unspecified atom stereocenters. The van der Waals surface area contributed by atoms with E-state index in [-0.39, 0.29) is 5.41 Å². The van der Waals surface area contributed by atoms with Gasteiger partial charge in [0.05, 0.1) is 11.2 Å². The molecule has 2 heteroatoms. The minimum absolute atomic E-state index is 0.0425. The first-order valence-corrected chi connectivity index (χ1v) is 11.3. The Kier molecular flexibility index (Phi) is 6.00. The van der Waals surface area contributed by atoms with E-state index in [0.29, 0.717) is 0 Å². The van der Waals surface area contributed by atoms with Crippen LogP contribution in [0.5, 0.6) is 0 Å². The lowest BCUT2D eigenvalue weighted by atomic mass is 9.70. The summed E-state index contributed by atoms with van der Waals surface area (Å²) in [5.74, 6) is 0. The van der Waals surface area contributed by atoms with Gasteiger partial charge in [0.15, 0.2) is 0 Å². The molecule has 2 N–H and O–H groups in total. The van der Waals surface area contributed by atoms with Crippen LogP contribution in [0.3, 0.4) is 0 Å². The van der Waals surface area contributed by atoms with Crippen LogP contribution in [0.2, 0.25) is 0 Å². The average Bonchev–Trinajstić information content (AvgIpc) is 2.92. The van der Waals surface area contributed by atoms with Crippen LogP contribution in [0.15, 0.2) is 36.4 Å². The van der Waals surface area contributed by atoms with Crippen LogP contribution >= 0.6 is 0 Å². The fraction of sp³-hybridized carbons (Fsp3) is 0.556. The summed E-state index contributed by atoms with van der Waals surface area (Å²) >= 11 is 0. The maximum Gasteiger partial charge on any atom is 0.0840 e. The van der Waals surface area contributed by atoms with Crippen molar-refractivity contribution in [1.29, 1.82) is 0 Å². The van der Waals surface area contributed by atoms with Crippen LogP contribution in [0.4, 0.5) is 0 Å². The smallest absolute Gasteiger partial charge is 0.0840 e. The van der Waals surface area contributed by atoms with Crippen molar-refractivity contribution < 1.29 is 10.2 Å². The van der Waals surface area contributed by atoms with Gasteiger partial charge in [-0.3, -0.25) is 0 Å². The van der Waals surface area contributed by atoms with Gasteiger partial charge in [-0.15, -0.1) is 0 Å². The molecule has 1 aliphatic rings. The van der Waals surface area contributed by atoms with Crippen molar-refractivity contribution in [2.75, 3.05) is 0 Å². The lowest BCUT2D eigenvalue weighted by Crippen LogP contribution is -2.27. The Balaban J connectivity index is 2.29. The zero-order valence-electron chi connectivity index (χ0n) is 19.1. The third-order valence-corrected chi connectivity index (χ3v) is 6.69. The first kappa shape index (κ1) is 22.1. The normalized spacial score (nSPS) is 15.3. The molecule has 0 fully saturated rings. The van der Waals surface area contributed by atoms with E-state index >= 15 is 0 Å². The van der Waals surface area contributed by atoms with E-state index in [9.17, 15) is 10.2 Å². The highest BCUT2D eigenvalue weighted by atomic mass is 16.3. The number of benzene rings is 2. The van der Waals surface area contributed by atoms with Gasteiger partial charge in [-0.2, -0.15) is 0 Å². The van der Waals surface area contributed by atoms with Crippen molar-refractivity contribution in [2.45, 2.75) is 96.7 Å². The molecule has 0 radical (unpaired) electrons. The van der Waals surface area contributed by atoms with Gasteiger partial charge in [-0.05, 0) is 73.9 Å². The number of unbranched alkanes of at least 4 members (excludes halogenated alkanes) is 2. The third-order valence-electron chi connectivity index (χ3n) is 6.69. The summed E-state index contributed by atoms with van der Waals surface area (Å²) in [7, 11) is 0. The van der Waals surface area contributed by atoms with Crippen molar-refractivity contribution >= 4 is 0 Å². The lowest BCUT2D eigenvalue weighted by Gasteiger charge is -2.34. The van der Waals surface area contributed by atoms with E-state index in [4.69, 9.17) is 0 Å². The molecular formula is C27H38O2. The summed E-state index contributed by atoms with van der Waals surface area (Å²) in [6, 6.07) is 13.1. The predicted molar refractivity (Wildman–Crippen MR) is 122 cm³/mol. The molecule has 2 aromatic rings. The van der Waals surface area contributed by atoms with Gasteiger partial charge >= 0.3 is 0 Å². The second-order valence-corrected chi connectivity index (χ2v) is 9.93. The van der Waals surface area contributed by atoms with Gasteiger partial charge < -0.3 is 10.2 Å². The summed E-state index contributed by atoms with van der Waals surface area (Å²) in [4.78, 5) is 0. The van der Waals surface area contributed by atoms with Crippen molar-refractivity contribution in [3.63, 3.8) is 0 Å². The number of aliphatic hydroxyl groups is 2. The maximum absolute atomic E-state index is 10.7. The number of fused-ring (bicyclic) bond motifs is 3. The Morgan fingerprint density at radius 3 is 1.38 bits per heavy atom. The Hall–Kier alpha value is -1.64. The molecule has 0 atom stereocenters. The predicted octanol–water partition coefficient (Wildman–Crippen LogP) is 6.79. The molecule has 3 rings (SSSR count). The molecule has 0 amide bonds. The molecule has 0 saturated carbocycles. The molecule has 2 nitrogen and oxygen atoms in total. The molecule has 1 aliphatic carbocycles. The second-order valence-electron chi connectivity index (χ2n) is 9.93. The standard InChI is InChI=1S/C27H38O2/c1-7-9-15-27(16-10-8-2)23-17-19(25(3,4)28)11-13-21(23)22-14-12-20(18-24(22)27)26(5,6)29/h11-14,17-18,28-29H,7-10,15-16H2,1-6H3. The van der Waals surface area contributed by atoms with Gasteiger partial charge in [-0.25, -0.2) is 0 Å². The summed E-state index contributed by atoms with van der Waals surface area (Å²) in [6.45, 7) is 12.0. The molecule has 0 aliphatic heterocycles. The van der Waals surface area contributed by atoms with Crippen molar-refractivity contribution in [3.05, 3.63) is 58.7 Å². The Labute approximate surface area is 177 Å². The van der Waals surface area contributed by atoms with Gasteiger partial charge in [0.1, 0.15) is 0 Å². The molecule has 2 aromatic carbocycles. The largest absolute Gasteiger partial charge is 0.386 e. The first-order valence-electron chi connectivity index (χ1n) is 11.3. The number of hydrogen-bond acceptors (Lipinski definition) is 2. The SMILES string of the molecule is CCCCC1(CCCC)c2cc(C(C)(C)O)ccc2-c2ccc(C(C)(C)O)cc21. The average molecular weight is 395 g/mol. The van der Waals surface area contributed by atoms with E-state index in [1.165, 1.54) is 35.1 Å². The van der Waals surface area contributed by atoms with Crippen molar-refractivity contribution in [2.24, 2.45) is 0 Å². The highest BCUT2D eigenvalue weighted by molar-refractivity contribution is 5.82. The van der Waals surface area contributed by atoms with E-state index in [0.717, 1.165) is 36.8 Å². The van der Waals surface area contributed by atoms with Crippen LogP contribution in [-0.2, 0) is 16.6 Å². The zero-order chi connectivity index (χ0) is 21.4. The zero-order valence-corrected chi connectivity index (χ0v) is 19.1. The quantitative estimate of drug-likeness (QED) is 0.517. The van der Waals surface area contributed by atoms with Crippen molar-refractivity contribution in [1.82, 2.24) is 0 Å². The van der Waals surface area contributed by atoms with Gasteiger partial charge in [0.2, 0.25) is 0 Å². The van der Waals surface area contributed by atoms with E-state index in [1.54, 1.807) is 0 Å². The second kappa shape index (κ2) is 7.89. The summed E-state index contributed by atoms with van der Waals surface area (Å²) < 4.78 is 0. The molecule has 0 saturated heterocycles. The minimum Gasteiger partial charge on any atom is -0.386 e. The molecule has 158 valence electrons. The van der Waals surface area contributed by atoms with Crippen molar-refractivity contribution in [3.8, 4) is 11.1 Å². The Morgan fingerprint density at radius 2 is 1.07 bits per heavy atom. The lowest BCUT2D eigenvalue weighted by molar-refractivity contribution is 0.0780. The summed E-state index contributed by atoms with van der Waals surface area (Å²) in [5, 5.41) is 21.4. The Morgan fingerprint density at radius 1 is 0.690 bits per heavy atom. The van der Waals surface area contributed by atoms with Crippen LogP contribution in [0.25, 0.3) is 11.1 Å². The topological polar surface area (TPSA) is 40.5 Å². The van der Waals surface area contributed by atoms with Gasteiger partial charge in [0, 0.05) is 5.41 Å². The highest BCUT2D eigenvalue weighted by Gasteiger charge is 2.43. The molecule has 0 heterocycles. The van der Waals surface area contributed by atoms with Gasteiger partial charge in [-0.1, -0.05) is 75.9 Å². The van der Waals surface area contributed by atoms with Crippen LogP contribution in [0.1, 0.15) is 102 Å². The molecular weight excluding hydrogens is 356 g/mol. The van der Waals surface area contributed by atoms with E-state index < -0.39 is 11.2 Å². The maximum atomic E-state index is 10.7. The fourth-order valence-corrected chi connectivity index (χ4v) is 4.88. The number of hydrogen-bond donors (Lipinski definition) is 2. The van der Waals surface area contributed by atoms with E-state index in [2.05, 4.69) is 50.2 Å². The van der Waals surface area contributed by atoms with Crippen LogP contribution < -0.4 is 0 Å². The fourth-order valence-electron chi connectivity index (χ4n) is 4.88. The van der Waals surface area contributed by atoms with Crippen LogP contribution in [0, 0.1) is 0 Å². The summed E-state index contributed by atoms with van der Waals surface area (Å²) in [6.07, 6.45) is 6.87. The highest BCUT2D eigenvalue weighted by Crippen LogP contribution is 2.55. The summed E-state index contributed by atoms with van der Waals surface area (Å²) in [5.41, 5.74) is 5.51. The number of rotatable bonds is 8. The molecule has 29 heavy (non-hydrogen) atoms. The first-order chi connectivity index (χ1) is 13.5.